The highest BCUT2D eigenvalue weighted by Gasteiger charge is 2.36. The molecule has 2 unspecified atom stereocenters. The van der Waals surface area contributed by atoms with Crippen molar-refractivity contribution >= 4 is 5.91 Å². The monoisotopic (exact) mass is 213 g/mol. The van der Waals surface area contributed by atoms with Crippen molar-refractivity contribution in [1.82, 2.24) is 4.90 Å². The molecule has 0 aromatic carbocycles. The Morgan fingerprint density at radius 1 is 1.60 bits per heavy atom. The van der Waals surface area contributed by atoms with E-state index in [4.69, 9.17) is 4.74 Å². The van der Waals surface area contributed by atoms with E-state index in [2.05, 4.69) is 0 Å². The standard InChI is InChI=1S/C11H19NO3/c1-11(14)4-5-12(8-11)10(13)9-3-2-6-15-7-9/h9,14H,2-8H2,1H3. The zero-order chi connectivity index (χ0) is 10.9. The SMILES string of the molecule is CC1(O)CCN(C(=O)C2CCCOC2)C1. The Bertz CT molecular complexity index is 246. The van der Waals surface area contributed by atoms with Crippen molar-refractivity contribution in [3.8, 4) is 0 Å². The van der Waals surface area contributed by atoms with Crippen molar-refractivity contribution < 1.29 is 14.6 Å². The van der Waals surface area contributed by atoms with E-state index in [0.29, 0.717) is 26.1 Å². The van der Waals surface area contributed by atoms with Crippen LogP contribution in [0.4, 0.5) is 0 Å². The lowest BCUT2D eigenvalue weighted by molar-refractivity contribution is -0.139. The normalized spacial score (nSPS) is 36.9. The van der Waals surface area contributed by atoms with E-state index in [1.807, 2.05) is 0 Å². The molecule has 2 heterocycles. The maximum absolute atomic E-state index is 12.0. The van der Waals surface area contributed by atoms with Gasteiger partial charge in [0.25, 0.3) is 0 Å². The predicted octanol–water partition coefficient (Wildman–Crippen LogP) is 0.396. The molecule has 2 saturated heterocycles. The number of β-amino-alcohol motifs (C(OH)–C–C–N with tert-alkyl or cyclic N) is 1. The fourth-order valence-corrected chi connectivity index (χ4v) is 2.33. The summed E-state index contributed by atoms with van der Waals surface area (Å²) in [5, 5.41) is 9.79. The van der Waals surface area contributed by atoms with E-state index in [1.165, 1.54) is 0 Å². The lowest BCUT2D eigenvalue weighted by atomic mass is 10.0. The Kier molecular flexibility index (Phi) is 2.98. The number of hydrogen-bond donors (Lipinski definition) is 1. The number of carbonyl (C=O) groups excluding carboxylic acids is 1. The van der Waals surface area contributed by atoms with Gasteiger partial charge in [0.15, 0.2) is 0 Å². The number of likely N-dealkylation sites (tertiary alicyclic amines) is 1. The average Bonchev–Trinajstić information content (AvgIpc) is 2.59. The molecule has 0 aromatic rings. The summed E-state index contributed by atoms with van der Waals surface area (Å²) in [6, 6.07) is 0. The van der Waals surface area contributed by atoms with Crippen LogP contribution >= 0.6 is 0 Å². The summed E-state index contributed by atoms with van der Waals surface area (Å²) >= 11 is 0. The molecule has 2 rings (SSSR count). The maximum Gasteiger partial charge on any atom is 0.228 e. The molecular formula is C11H19NO3. The smallest absolute Gasteiger partial charge is 0.228 e. The first-order chi connectivity index (χ1) is 7.08. The van der Waals surface area contributed by atoms with Crippen molar-refractivity contribution in [3.05, 3.63) is 0 Å². The Morgan fingerprint density at radius 3 is 2.93 bits per heavy atom. The summed E-state index contributed by atoms with van der Waals surface area (Å²) in [5.74, 6) is 0.181. The van der Waals surface area contributed by atoms with Gasteiger partial charge in [-0.15, -0.1) is 0 Å². The number of nitrogens with zero attached hydrogens (tertiary/aromatic N) is 1. The van der Waals surface area contributed by atoms with Crippen LogP contribution in [-0.4, -0.2) is 47.8 Å². The van der Waals surface area contributed by atoms with E-state index in [-0.39, 0.29) is 11.8 Å². The molecule has 1 amide bonds. The molecule has 86 valence electrons. The summed E-state index contributed by atoms with van der Waals surface area (Å²) in [6.07, 6.45) is 2.59. The number of rotatable bonds is 1. The fourth-order valence-electron chi connectivity index (χ4n) is 2.33. The third-order valence-corrected chi connectivity index (χ3v) is 3.27. The molecule has 0 saturated carbocycles. The molecule has 1 N–H and O–H groups in total. The minimum absolute atomic E-state index is 0.0210. The molecular weight excluding hydrogens is 194 g/mol. The van der Waals surface area contributed by atoms with Crippen molar-refractivity contribution in [2.24, 2.45) is 5.92 Å². The van der Waals surface area contributed by atoms with E-state index in [1.54, 1.807) is 11.8 Å². The minimum Gasteiger partial charge on any atom is -0.388 e. The molecule has 0 aliphatic carbocycles. The summed E-state index contributed by atoms with van der Waals surface area (Å²) in [4.78, 5) is 13.8. The van der Waals surface area contributed by atoms with Crippen molar-refractivity contribution in [3.63, 3.8) is 0 Å². The van der Waals surface area contributed by atoms with Crippen molar-refractivity contribution in [2.45, 2.75) is 31.8 Å². The topological polar surface area (TPSA) is 49.8 Å². The van der Waals surface area contributed by atoms with E-state index >= 15 is 0 Å². The second-order valence-electron chi connectivity index (χ2n) is 4.92. The second kappa shape index (κ2) is 4.10. The molecule has 0 spiro atoms. The molecule has 4 nitrogen and oxygen atoms in total. The molecule has 0 aromatic heterocycles. The zero-order valence-electron chi connectivity index (χ0n) is 9.24. The maximum atomic E-state index is 12.0. The first kappa shape index (κ1) is 10.9. The van der Waals surface area contributed by atoms with Gasteiger partial charge in [-0.3, -0.25) is 4.79 Å². The van der Waals surface area contributed by atoms with Crippen LogP contribution in [0.25, 0.3) is 0 Å². The van der Waals surface area contributed by atoms with Gasteiger partial charge >= 0.3 is 0 Å². The van der Waals surface area contributed by atoms with Gasteiger partial charge in [0.1, 0.15) is 0 Å². The third-order valence-electron chi connectivity index (χ3n) is 3.27. The largest absolute Gasteiger partial charge is 0.388 e. The lowest BCUT2D eigenvalue weighted by Crippen LogP contribution is -2.40. The fraction of sp³-hybridized carbons (Fsp3) is 0.909. The number of amides is 1. The molecule has 2 aliphatic rings. The van der Waals surface area contributed by atoms with Crippen LogP contribution in [0.3, 0.4) is 0 Å². The van der Waals surface area contributed by atoms with Crippen LogP contribution in [0.15, 0.2) is 0 Å². The van der Waals surface area contributed by atoms with Gasteiger partial charge in [-0.25, -0.2) is 0 Å². The lowest BCUT2D eigenvalue weighted by Gasteiger charge is -2.26. The summed E-state index contributed by atoms with van der Waals surface area (Å²) in [7, 11) is 0. The van der Waals surface area contributed by atoms with Crippen LogP contribution in [0.2, 0.25) is 0 Å². The van der Waals surface area contributed by atoms with Gasteiger partial charge in [-0.2, -0.15) is 0 Å². The molecule has 4 heteroatoms. The summed E-state index contributed by atoms with van der Waals surface area (Å²) in [5.41, 5.74) is -0.689. The van der Waals surface area contributed by atoms with Crippen LogP contribution in [0, 0.1) is 5.92 Å². The van der Waals surface area contributed by atoms with Crippen LogP contribution < -0.4 is 0 Å². The van der Waals surface area contributed by atoms with Gasteiger partial charge in [0.2, 0.25) is 5.91 Å². The van der Waals surface area contributed by atoms with E-state index in [0.717, 1.165) is 19.4 Å². The molecule has 0 bridgehead atoms. The molecule has 2 atom stereocenters. The van der Waals surface area contributed by atoms with Gasteiger partial charge in [-0.1, -0.05) is 0 Å². The highest BCUT2D eigenvalue weighted by molar-refractivity contribution is 5.79. The number of ether oxygens (including phenoxy) is 1. The number of aliphatic hydroxyl groups is 1. The summed E-state index contributed by atoms with van der Waals surface area (Å²) in [6.45, 7) is 4.28. The van der Waals surface area contributed by atoms with Crippen molar-refractivity contribution in [2.75, 3.05) is 26.3 Å². The Morgan fingerprint density at radius 2 is 2.40 bits per heavy atom. The molecule has 15 heavy (non-hydrogen) atoms. The second-order valence-corrected chi connectivity index (χ2v) is 4.92. The highest BCUT2D eigenvalue weighted by Crippen LogP contribution is 2.24. The molecule has 2 fully saturated rings. The highest BCUT2D eigenvalue weighted by atomic mass is 16.5. The quantitative estimate of drug-likeness (QED) is 0.685. The summed E-state index contributed by atoms with van der Waals surface area (Å²) < 4.78 is 5.30. The average molecular weight is 213 g/mol. The minimum atomic E-state index is -0.689. The predicted molar refractivity (Wildman–Crippen MR) is 55.4 cm³/mol. The zero-order valence-corrected chi connectivity index (χ0v) is 9.24. The van der Waals surface area contributed by atoms with Crippen LogP contribution in [0.1, 0.15) is 26.2 Å². The van der Waals surface area contributed by atoms with E-state index in [9.17, 15) is 9.90 Å². The van der Waals surface area contributed by atoms with Crippen LogP contribution in [0.5, 0.6) is 0 Å². The third kappa shape index (κ3) is 2.49. The Hall–Kier alpha value is -0.610. The number of hydrogen-bond acceptors (Lipinski definition) is 3. The van der Waals surface area contributed by atoms with Gasteiger partial charge in [-0.05, 0) is 26.2 Å². The van der Waals surface area contributed by atoms with Crippen molar-refractivity contribution in [1.29, 1.82) is 0 Å². The van der Waals surface area contributed by atoms with Crippen LogP contribution in [-0.2, 0) is 9.53 Å². The molecule has 0 radical (unpaired) electrons. The molecule has 2 aliphatic heterocycles. The van der Waals surface area contributed by atoms with E-state index < -0.39 is 5.60 Å². The number of carbonyl (C=O) groups is 1. The first-order valence-corrected chi connectivity index (χ1v) is 5.67. The van der Waals surface area contributed by atoms with Gasteiger partial charge < -0.3 is 14.7 Å². The van der Waals surface area contributed by atoms with Gasteiger partial charge in [0, 0.05) is 19.7 Å². The van der Waals surface area contributed by atoms with Gasteiger partial charge in [0.05, 0.1) is 18.1 Å². The first-order valence-electron chi connectivity index (χ1n) is 5.67. The Labute approximate surface area is 90.2 Å². The Balaban J connectivity index is 1.90.